The number of fused-ring (bicyclic) bond motifs is 1. The summed E-state index contributed by atoms with van der Waals surface area (Å²) in [4.78, 5) is 13.5. The van der Waals surface area contributed by atoms with Crippen LogP contribution in [0.15, 0.2) is 97.1 Å². The zero-order chi connectivity index (χ0) is 22.8. The van der Waals surface area contributed by atoms with Crippen molar-refractivity contribution < 1.29 is 14.3 Å². The standard InChI is InChI=1S/C30H30O3/c1-28-20-12-13-23-30(28)32-27(26(28)31)29(33-30,21-10-8-18-24-14-4-2-5-15-24)22-11-9-19-25-16-6-3-7-17-25/h2-11,14-19,21-22,27H,12-13,20,23H2,1H3/b18-8+,19-9+,21-10+,22-11+/t27-,28+,30-/m0/s1. The summed E-state index contributed by atoms with van der Waals surface area (Å²) >= 11 is 0. The fraction of sp³-hybridized carbons (Fsp3) is 0.300. The summed E-state index contributed by atoms with van der Waals surface area (Å²) in [6.07, 6.45) is 19.0. The van der Waals surface area contributed by atoms with Gasteiger partial charge in [-0.1, -0.05) is 104 Å². The Balaban J connectivity index is 1.44. The average molecular weight is 439 g/mol. The molecule has 0 N–H and O–H groups in total. The molecule has 2 aliphatic heterocycles. The lowest BCUT2D eigenvalue weighted by Gasteiger charge is -2.47. The van der Waals surface area contributed by atoms with Gasteiger partial charge in [-0.2, -0.15) is 0 Å². The number of ether oxygens (including phenoxy) is 2. The van der Waals surface area contributed by atoms with Crippen molar-refractivity contribution in [1.29, 1.82) is 0 Å². The summed E-state index contributed by atoms with van der Waals surface area (Å²) in [5.41, 5.74) is 0.783. The van der Waals surface area contributed by atoms with Crippen molar-refractivity contribution in [2.45, 2.75) is 50.1 Å². The summed E-state index contributed by atoms with van der Waals surface area (Å²) in [5, 5.41) is 0. The Hall–Kier alpha value is -3.01. The molecule has 5 rings (SSSR count). The van der Waals surface area contributed by atoms with Crippen molar-refractivity contribution in [2.24, 2.45) is 5.41 Å². The van der Waals surface area contributed by atoms with Crippen LogP contribution in [0.25, 0.3) is 12.2 Å². The van der Waals surface area contributed by atoms with Crippen LogP contribution in [0, 0.1) is 5.41 Å². The van der Waals surface area contributed by atoms with E-state index in [4.69, 9.17) is 9.47 Å². The van der Waals surface area contributed by atoms with Gasteiger partial charge in [-0.05, 0) is 43.0 Å². The molecule has 1 spiro atoms. The van der Waals surface area contributed by atoms with Gasteiger partial charge in [0.05, 0.1) is 5.41 Å². The number of rotatable bonds is 6. The molecule has 3 aliphatic rings. The van der Waals surface area contributed by atoms with Crippen molar-refractivity contribution in [2.75, 3.05) is 0 Å². The largest absolute Gasteiger partial charge is 0.334 e. The van der Waals surface area contributed by atoms with E-state index in [0.29, 0.717) is 0 Å². The highest BCUT2D eigenvalue weighted by atomic mass is 16.8. The Morgan fingerprint density at radius 3 is 1.91 bits per heavy atom. The number of carbonyl (C=O) groups is 1. The number of benzene rings is 2. The summed E-state index contributed by atoms with van der Waals surface area (Å²) < 4.78 is 13.1. The van der Waals surface area contributed by atoms with E-state index in [1.807, 2.05) is 91.9 Å². The van der Waals surface area contributed by atoms with Crippen LogP contribution in [0.2, 0.25) is 0 Å². The van der Waals surface area contributed by atoms with Gasteiger partial charge in [-0.15, -0.1) is 0 Å². The number of hydrogen-bond donors (Lipinski definition) is 0. The van der Waals surface area contributed by atoms with Gasteiger partial charge in [0.2, 0.25) is 0 Å². The van der Waals surface area contributed by atoms with Crippen molar-refractivity contribution in [3.8, 4) is 0 Å². The van der Waals surface area contributed by atoms with Crippen molar-refractivity contribution >= 4 is 17.9 Å². The first kappa shape index (κ1) is 21.8. The SMILES string of the molecule is C[C@]12CCCC[C@@]13O[C@@H](C2=O)C(/C=C/C=C/c1ccccc1)(/C=C/C=C/c1ccccc1)O3. The Kier molecular flexibility index (Phi) is 5.77. The van der Waals surface area contributed by atoms with E-state index < -0.39 is 22.9 Å². The van der Waals surface area contributed by atoms with E-state index >= 15 is 0 Å². The van der Waals surface area contributed by atoms with Gasteiger partial charge in [0.15, 0.2) is 17.7 Å². The maximum Gasteiger partial charge on any atom is 0.183 e. The summed E-state index contributed by atoms with van der Waals surface area (Å²) in [7, 11) is 0. The minimum Gasteiger partial charge on any atom is -0.334 e. The van der Waals surface area contributed by atoms with Gasteiger partial charge in [0, 0.05) is 6.42 Å². The molecule has 3 atom stereocenters. The van der Waals surface area contributed by atoms with Crippen LogP contribution in [-0.4, -0.2) is 23.3 Å². The molecule has 0 radical (unpaired) electrons. The normalized spacial score (nSPS) is 30.8. The van der Waals surface area contributed by atoms with Crippen LogP contribution in [0.4, 0.5) is 0 Å². The molecule has 3 fully saturated rings. The first-order valence-electron chi connectivity index (χ1n) is 11.8. The Morgan fingerprint density at radius 1 is 0.788 bits per heavy atom. The van der Waals surface area contributed by atoms with Crippen LogP contribution >= 0.6 is 0 Å². The smallest absolute Gasteiger partial charge is 0.183 e. The van der Waals surface area contributed by atoms with Gasteiger partial charge >= 0.3 is 0 Å². The van der Waals surface area contributed by atoms with E-state index in [-0.39, 0.29) is 5.78 Å². The number of allylic oxidation sites excluding steroid dienone is 4. The van der Waals surface area contributed by atoms with Gasteiger partial charge in [0.1, 0.15) is 5.60 Å². The number of carbonyl (C=O) groups excluding carboxylic acids is 1. The Labute approximate surface area is 196 Å². The molecule has 0 unspecified atom stereocenters. The minimum absolute atomic E-state index is 0.168. The van der Waals surface area contributed by atoms with E-state index in [1.54, 1.807) is 0 Å². The molecule has 0 aromatic heterocycles. The molecule has 0 amide bonds. The van der Waals surface area contributed by atoms with Crippen LogP contribution in [0.5, 0.6) is 0 Å². The second kappa shape index (κ2) is 8.74. The zero-order valence-electron chi connectivity index (χ0n) is 19.0. The molecule has 1 aliphatic carbocycles. The van der Waals surface area contributed by atoms with Crippen molar-refractivity contribution in [3.63, 3.8) is 0 Å². The zero-order valence-corrected chi connectivity index (χ0v) is 19.0. The van der Waals surface area contributed by atoms with E-state index in [0.717, 1.165) is 36.8 Å². The van der Waals surface area contributed by atoms with E-state index in [2.05, 4.69) is 24.3 Å². The average Bonchev–Trinajstić information content (AvgIpc) is 3.29. The predicted molar refractivity (Wildman–Crippen MR) is 132 cm³/mol. The quantitative estimate of drug-likeness (QED) is 0.481. The molecule has 3 heteroatoms. The molecule has 2 aromatic carbocycles. The maximum absolute atomic E-state index is 13.5. The second-order valence-corrected chi connectivity index (χ2v) is 9.37. The van der Waals surface area contributed by atoms with Gasteiger partial charge in [0.25, 0.3) is 0 Å². The first-order chi connectivity index (χ1) is 16.1. The van der Waals surface area contributed by atoms with Gasteiger partial charge < -0.3 is 9.47 Å². The van der Waals surface area contributed by atoms with Gasteiger partial charge in [-0.25, -0.2) is 0 Å². The molecule has 168 valence electrons. The van der Waals surface area contributed by atoms with Crippen LogP contribution < -0.4 is 0 Å². The second-order valence-electron chi connectivity index (χ2n) is 9.37. The number of hydrogen-bond acceptors (Lipinski definition) is 3. The fourth-order valence-corrected chi connectivity index (χ4v) is 5.33. The summed E-state index contributed by atoms with van der Waals surface area (Å²) in [6.45, 7) is 2.02. The third-order valence-electron chi connectivity index (χ3n) is 7.23. The Morgan fingerprint density at radius 2 is 1.33 bits per heavy atom. The highest BCUT2D eigenvalue weighted by Gasteiger charge is 2.75. The minimum atomic E-state index is -0.907. The molecule has 2 heterocycles. The lowest BCUT2D eigenvalue weighted by atomic mass is 9.65. The molecule has 2 saturated heterocycles. The molecule has 2 aromatic rings. The summed E-state index contributed by atoms with van der Waals surface area (Å²) in [6, 6.07) is 20.3. The first-order valence-corrected chi connectivity index (χ1v) is 11.8. The Bertz CT molecular complexity index is 1050. The number of Topliss-reactive ketones (excluding diaryl/α,β-unsaturated/α-hetero) is 1. The van der Waals surface area contributed by atoms with Crippen LogP contribution in [0.3, 0.4) is 0 Å². The monoisotopic (exact) mass is 438 g/mol. The molecule has 1 saturated carbocycles. The molecular weight excluding hydrogens is 408 g/mol. The molecule has 2 bridgehead atoms. The molecule has 33 heavy (non-hydrogen) atoms. The van der Waals surface area contributed by atoms with Gasteiger partial charge in [-0.3, -0.25) is 4.79 Å². The third-order valence-corrected chi connectivity index (χ3v) is 7.23. The molecular formula is C30H30O3. The summed E-state index contributed by atoms with van der Waals surface area (Å²) in [5.74, 6) is -0.657. The van der Waals surface area contributed by atoms with E-state index in [1.165, 1.54) is 0 Å². The third kappa shape index (κ3) is 3.86. The lowest BCUT2D eigenvalue weighted by Crippen LogP contribution is -2.58. The molecule has 3 nitrogen and oxygen atoms in total. The fourth-order valence-electron chi connectivity index (χ4n) is 5.33. The van der Waals surface area contributed by atoms with Crippen molar-refractivity contribution in [1.82, 2.24) is 0 Å². The topological polar surface area (TPSA) is 35.5 Å². The lowest BCUT2D eigenvalue weighted by molar-refractivity contribution is -0.238. The maximum atomic E-state index is 13.5. The number of ketones is 1. The van der Waals surface area contributed by atoms with E-state index in [9.17, 15) is 4.79 Å². The predicted octanol–water partition coefficient (Wildman–Crippen LogP) is 6.54. The van der Waals surface area contributed by atoms with Crippen LogP contribution in [0.1, 0.15) is 43.7 Å². The van der Waals surface area contributed by atoms with Crippen molar-refractivity contribution in [3.05, 3.63) is 108 Å². The highest BCUT2D eigenvalue weighted by Crippen LogP contribution is 2.62. The van der Waals surface area contributed by atoms with Crippen LogP contribution in [-0.2, 0) is 14.3 Å². The highest BCUT2D eigenvalue weighted by molar-refractivity contribution is 5.94.